The van der Waals surface area contributed by atoms with Gasteiger partial charge in [-0.2, -0.15) is 13.5 Å². The van der Waals surface area contributed by atoms with Crippen LogP contribution < -0.4 is 0 Å². The number of methoxy groups -OCH3 is 1. The highest BCUT2D eigenvalue weighted by Crippen LogP contribution is 2.36. The molecule has 3 nitrogen and oxygen atoms in total. The van der Waals surface area contributed by atoms with E-state index in [1.165, 1.54) is 26.4 Å². The van der Waals surface area contributed by atoms with Gasteiger partial charge in [0.25, 0.3) is 0 Å². The maximum absolute atomic E-state index is 12.5. The van der Waals surface area contributed by atoms with Crippen LogP contribution in [0, 0.1) is 17.3 Å². The van der Waals surface area contributed by atoms with Crippen LogP contribution in [0.25, 0.3) is 0 Å². The first-order valence-corrected chi connectivity index (χ1v) is 6.97. The molecule has 0 aromatic carbocycles. The maximum Gasteiger partial charge on any atom is 0.306 e. The van der Waals surface area contributed by atoms with Gasteiger partial charge in [-0.3, -0.25) is 9.59 Å². The maximum atomic E-state index is 12.5. The smallest absolute Gasteiger partial charge is 0.306 e. The van der Waals surface area contributed by atoms with Crippen molar-refractivity contribution < 1.29 is 14.3 Å². The number of carbonyl (C=O) groups excluding carboxylic acids is 2. The number of ketones is 1. The molecule has 0 saturated heterocycles. The Bertz CT molecular complexity index is 301. The number of rotatable bonds is 4. The van der Waals surface area contributed by atoms with Gasteiger partial charge in [-0.25, -0.2) is 0 Å². The Labute approximate surface area is 123 Å². The summed E-state index contributed by atoms with van der Waals surface area (Å²) in [6, 6.07) is 0. The molecule has 0 spiro atoms. The van der Waals surface area contributed by atoms with E-state index in [4.69, 9.17) is 4.74 Å². The zero-order valence-electron chi connectivity index (χ0n) is 12.6. The van der Waals surface area contributed by atoms with Gasteiger partial charge in [0.1, 0.15) is 5.78 Å². The van der Waals surface area contributed by atoms with E-state index in [2.05, 4.69) is 0 Å². The van der Waals surface area contributed by atoms with Gasteiger partial charge in [0.2, 0.25) is 0 Å². The molecule has 0 aromatic rings. The Morgan fingerprint density at radius 3 is 2.11 bits per heavy atom. The molecule has 1 atom stereocenters. The monoisotopic (exact) mass is 288 g/mol. The fourth-order valence-corrected chi connectivity index (χ4v) is 2.83. The van der Waals surface area contributed by atoms with E-state index in [-0.39, 0.29) is 43.0 Å². The summed E-state index contributed by atoms with van der Waals surface area (Å²) in [5.74, 6) is 0.158. The minimum atomic E-state index is -0.379. The van der Waals surface area contributed by atoms with Crippen molar-refractivity contribution in [2.45, 2.75) is 59.3 Å². The van der Waals surface area contributed by atoms with Crippen LogP contribution in [0.1, 0.15) is 59.3 Å². The Morgan fingerprint density at radius 2 is 1.68 bits per heavy atom. The Hall–Kier alpha value is -0.510. The van der Waals surface area contributed by atoms with E-state index in [1.54, 1.807) is 0 Å². The summed E-state index contributed by atoms with van der Waals surface area (Å²) >= 11 is 0. The lowest BCUT2D eigenvalue weighted by Crippen LogP contribution is -2.35. The Morgan fingerprint density at radius 1 is 1.16 bits per heavy atom. The van der Waals surface area contributed by atoms with E-state index in [0.29, 0.717) is 5.92 Å². The van der Waals surface area contributed by atoms with Crippen molar-refractivity contribution in [3.05, 3.63) is 0 Å². The topological polar surface area (TPSA) is 43.4 Å². The third kappa shape index (κ3) is 5.55. The van der Waals surface area contributed by atoms with Gasteiger partial charge in [-0.05, 0) is 18.8 Å². The average molecular weight is 288 g/mol. The van der Waals surface area contributed by atoms with Gasteiger partial charge >= 0.3 is 5.97 Å². The zero-order chi connectivity index (χ0) is 13.8. The second kappa shape index (κ2) is 7.93. The molecule has 0 aliphatic heterocycles. The van der Waals surface area contributed by atoms with Crippen molar-refractivity contribution in [2.24, 2.45) is 17.3 Å². The highest BCUT2D eigenvalue weighted by Gasteiger charge is 2.36. The lowest BCUT2D eigenvalue weighted by Gasteiger charge is -2.32. The average Bonchev–Trinajstić information content (AvgIpc) is 2.34. The molecule has 1 saturated carbocycles. The molecule has 0 radical (unpaired) electrons. The first-order chi connectivity index (χ1) is 8.36. The predicted molar refractivity (Wildman–Crippen MR) is 81.5 cm³/mol. The predicted octanol–water partition coefficient (Wildman–Crippen LogP) is 3.47. The molecule has 0 bridgehead atoms. The fourth-order valence-electron chi connectivity index (χ4n) is 2.83. The van der Waals surface area contributed by atoms with Gasteiger partial charge < -0.3 is 4.74 Å². The summed E-state index contributed by atoms with van der Waals surface area (Å²) < 4.78 is 4.74. The zero-order valence-corrected chi connectivity index (χ0v) is 13.6. The first-order valence-electron chi connectivity index (χ1n) is 6.97. The van der Waals surface area contributed by atoms with Gasteiger partial charge in [0, 0.05) is 11.3 Å². The molecule has 1 aliphatic carbocycles. The lowest BCUT2D eigenvalue weighted by molar-refractivity contribution is -0.146. The van der Waals surface area contributed by atoms with Crippen LogP contribution in [0.2, 0.25) is 0 Å². The number of hydrogen-bond acceptors (Lipinski definition) is 3. The van der Waals surface area contributed by atoms with E-state index < -0.39 is 0 Å². The van der Waals surface area contributed by atoms with Crippen LogP contribution in [0.4, 0.5) is 0 Å². The lowest BCUT2D eigenvalue weighted by atomic mass is 9.71. The SMILES string of the molecule is COC(=O)C[C@H](C(=O)C(C)(C)C)C1CCCCC1.S. The minimum absolute atomic E-state index is 0. The molecular formula is C15H28O3S. The quantitative estimate of drug-likeness (QED) is 0.744. The molecule has 0 heterocycles. The van der Waals surface area contributed by atoms with Gasteiger partial charge in [0.15, 0.2) is 0 Å². The molecule has 4 heteroatoms. The summed E-state index contributed by atoms with van der Waals surface area (Å²) in [7, 11) is 1.39. The molecule has 0 aromatic heterocycles. The standard InChI is InChI=1S/C15H26O3.H2S/c1-15(2,3)14(17)12(10-13(16)18-4)11-8-6-5-7-9-11;/h11-12H,5-10H2,1-4H3;1H2/t12-;/m0./s1. The minimum Gasteiger partial charge on any atom is -0.469 e. The largest absolute Gasteiger partial charge is 0.469 e. The van der Waals surface area contributed by atoms with E-state index in [0.717, 1.165) is 12.8 Å². The summed E-state index contributed by atoms with van der Waals surface area (Å²) in [4.78, 5) is 24.0. The van der Waals surface area contributed by atoms with Crippen molar-refractivity contribution in [3.63, 3.8) is 0 Å². The van der Waals surface area contributed by atoms with Crippen molar-refractivity contribution in [3.8, 4) is 0 Å². The molecule has 1 fully saturated rings. The third-order valence-electron chi connectivity index (χ3n) is 3.91. The van der Waals surface area contributed by atoms with Crippen molar-refractivity contribution in [1.29, 1.82) is 0 Å². The van der Waals surface area contributed by atoms with Gasteiger partial charge in [-0.1, -0.05) is 40.0 Å². The van der Waals surface area contributed by atoms with E-state index >= 15 is 0 Å². The number of Topliss-reactive ketones (excluding diaryl/α,β-unsaturated/α-hetero) is 1. The molecular weight excluding hydrogens is 260 g/mol. The number of carbonyl (C=O) groups is 2. The second-order valence-corrected chi connectivity index (χ2v) is 6.40. The molecule has 0 N–H and O–H groups in total. The normalized spacial score (nSPS) is 18.3. The summed E-state index contributed by atoms with van der Waals surface area (Å²) in [6.07, 6.45) is 6.01. The van der Waals surface area contributed by atoms with Crippen molar-refractivity contribution >= 4 is 25.2 Å². The number of esters is 1. The molecule has 112 valence electrons. The summed E-state index contributed by atoms with van der Waals surface area (Å²) in [5.41, 5.74) is -0.379. The van der Waals surface area contributed by atoms with E-state index in [1.807, 2.05) is 20.8 Å². The molecule has 1 aliphatic rings. The van der Waals surface area contributed by atoms with Crippen LogP contribution in [0.15, 0.2) is 0 Å². The Kier molecular flexibility index (Phi) is 7.72. The van der Waals surface area contributed by atoms with Crippen molar-refractivity contribution in [1.82, 2.24) is 0 Å². The van der Waals surface area contributed by atoms with E-state index in [9.17, 15) is 9.59 Å². The first kappa shape index (κ1) is 18.5. The van der Waals surface area contributed by atoms with Crippen molar-refractivity contribution in [2.75, 3.05) is 7.11 Å². The van der Waals surface area contributed by atoms with Crippen LogP contribution in [-0.4, -0.2) is 18.9 Å². The molecule has 0 unspecified atom stereocenters. The summed E-state index contributed by atoms with van der Waals surface area (Å²) in [6.45, 7) is 5.80. The van der Waals surface area contributed by atoms with Gasteiger partial charge in [-0.15, -0.1) is 0 Å². The highest BCUT2D eigenvalue weighted by molar-refractivity contribution is 7.59. The third-order valence-corrected chi connectivity index (χ3v) is 3.91. The molecule has 0 amide bonds. The number of ether oxygens (including phenoxy) is 1. The second-order valence-electron chi connectivity index (χ2n) is 6.40. The fraction of sp³-hybridized carbons (Fsp3) is 0.867. The summed E-state index contributed by atoms with van der Waals surface area (Å²) in [5, 5.41) is 0. The highest BCUT2D eigenvalue weighted by atomic mass is 32.1. The Balaban J connectivity index is 0.00000324. The van der Waals surface area contributed by atoms with Crippen LogP contribution in [0.5, 0.6) is 0 Å². The molecule has 1 rings (SSSR count). The van der Waals surface area contributed by atoms with Crippen LogP contribution in [-0.2, 0) is 14.3 Å². The van der Waals surface area contributed by atoms with Crippen LogP contribution in [0.3, 0.4) is 0 Å². The number of hydrogen-bond donors (Lipinski definition) is 0. The van der Waals surface area contributed by atoms with Gasteiger partial charge in [0.05, 0.1) is 13.5 Å². The molecule has 19 heavy (non-hydrogen) atoms. The van der Waals surface area contributed by atoms with Crippen LogP contribution >= 0.6 is 13.5 Å².